The topological polar surface area (TPSA) is 58.4 Å². The third kappa shape index (κ3) is 1.94. The van der Waals surface area contributed by atoms with Crippen LogP contribution in [0.15, 0.2) is 18.5 Å². The van der Waals surface area contributed by atoms with E-state index >= 15 is 0 Å². The van der Waals surface area contributed by atoms with Crippen LogP contribution in [0.3, 0.4) is 0 Å². The maximum atomic E-state index is 9.14. The Labute approximate surface area is 106 Å². The van der Waals surface area contributed by atoms with Crippen LogP contribution in [0.5, 0.6) is 0 Å². The summed E-state index contributed by atoms with van der Waals surface area (Å²) >= 11 is 0. The van der Waals surface area contributed by atoms with Crippen molar-refractivity contribution < 1.29 is 9.47 Å². The number of piperidine rings is 1. The minimum atomic E-state index is -0.471. The van der Waals surface area contributed by atoms with E-state index in [1.165, 1.54) is 0 Å². The standard InChI is InChI=1S/C13H15N3O2/c14-8-11-2-4-15-9-12(11)16-5-1-3-13(10-16)17-6-7-18-13/h2,4,9H,1,3,5-7,10H2. The van der Waals surface area contributed by atoms with Gasteiger partial charge in [-0.05, 0) is 12.5 Å². The minimum absolute atomic E-state index is 0.471. The van der Waals surface area contributed by atoms with Gasteiger partial charge in [-0.15, -0.1) is 0 Å². The first-order chi connectivity index (χ1) is 8.83. The van der Waals surface area contributed by atoms with E-state index < -0.39 is 5.79 Å². The van der Waals surface area contributed by atoms with E-state index in [0.717, 1.165) is 25.1 Å². The fourth-order valence-corrected chi connectivity index (χ4v) is 2.66. The van der Waals surface area contributed by atoms with Gasteiger partial charge >= 0.3 is 0 Å². The lowest BCUT2D eigenvalue weighted by Crippen LogP contribution is -2.49. The molecular formula is C13H15N3O2. The highest BCUT2D eigenvalue weighted by Crippen LogP contribution is 2.33. The highest BCUT2D eigenvalue weighted by Gasteiger charge is 2.41. The van der Waals surface area contributed by atoms with Crippen LogP contribution in [0.4, 0.5) is 5.69 Å². The lowest BCUT2D eigenvalue weighted by Gasteiger charge is -2.39. The Hall–Kier alpha value is -1.64. The predicted octanol–water partition coefficient (Wildman–Crippen LogP) is 1.30. The molecule has 0 bridgehead atoms. The van der Waals surface area contributed by atoms with E-state index in [1.54, 1.807) is 18.5 Å². The number of nitrogens with zero attached hydrogens (tertiary/aromatic N) is 3. The molecule has 18 heavy (non-hydrogen) atoms. The Balaban J connectivity index is 1.86. The van der Waals surface area contributed by atoms with E-state index in [9.17, 15) is 0 Å². The molecule has 5 heteroatoms. The van der Waals surface area contributed by atoms with Crippen LogP contribution in [0.1, 0.15) is 18.4 Å². The fraction of sp³-hybridized carbons (Fsp3) is 0.538. The number of ether oxygens (including phenoxy) is 2. The summed E-state index contributed by atoms with van der Waals surface area (Å²) in [6.45, 7) is 2.90. The molecule has 0 atom stereocenters. The van der Waals surface area contributed by atoms with Crippen LogP contribution in [0.2, 0.25) is 0 Å². The zero-order valence-corrected chi connectivity index (χ0v) is 10.1. The van der Waals surface area contributed by atoms with E-state index in [0.29, 0.717) is 25.3 Å². The lowest BCUT2D eigenvalue weighted by atomic mass is 10.0. The van der Waals surface area contributed by atoms with Gasteiger partial charge in [0.2, 0.25) is 0 Å². The first-order valence-electron chi connectivity index (χ1n) is 6.20. The summed E-state index contributed by atoms with van der Waals surface area (Å²) in [6.07, 6.45) is 5.31. The molecule has 1 aromatic rings. The summed E-state index contributed by atoms with van der Waals surface area (Å²) in [5.41, 5.74) is 1.53. The van der Waals surface area contributed by atoms with Crippen LogP contribution in [-0.4, -0.2) is 37.1 Å². The average Bonchev–Trinajstić information content (AvgIpc) is 2.86. The Morgan fingerprint density at radius 1 is 1.39 bits per heavy atom. The van der Waals surface area contributed by atoms with E-state index in [1.807, 2.05) is 0 Å². The van der Waals surface area contributed by atoms with Gasteiger partial charge in [0.15, 0.2) is 5.79 Å². The largest absolute Gasteiger partial charge is 0.364 e. The second-order valence-electron chi connectivity index (χ2n) is 4.64. The van der Waals surface area contributed by atoms with E-state index in [2.05, 4.69) is 16.0 Å². The Kier molecular flexibility index (Phi) is 2.90. The van der Waals surface area contributed by atoms with Crippen molar-refractivity contribution >= 4 is 5.69 Å². The van der Waals surface area contributed by atoms with Gasteiger partial charge in [0.05, 0.1) is 37.2 Å². The number of aromatic nitrogens is 1. The van der Waals surface area contributed by atoms with Gasteiger partial charge < -0.3 is 14.4 Å². The van der Waals surface area contributed by atoms with Crippen molar-refractivity contribution in [3.8, 4) is 6.07 Å². The molecule has 1 spiro atoms. The zero-order chi connectivity index (χ0) is 12.4. The molecule has 2 saturated heterocycles. The molecule has 0 saturated carbocycles. The number of hydrogen-bond acceptors (Lipinski definition) is 5. The first kappa shape index (κ1) is 11.5. The number of pyridine rings is 1. The number of nitriles is 1. The van der Waals surface area contributed by atoms with Crippen molar-refractivity contribution in [3.63, 3.8) is 0 Å². The second-order valence-corrected chi connectivity index (χ2v) is 4.64. The van der Waals surface area contributed by atoms with Gasteiger partial charge in [-0.2, -0.15) is 5.26 Å². The molecule has 0 aliphatic carbocycles. The van der Waals surface area contributed by atoms with Gasteiger partial charge in [-0.3, -0.25) is 4.98 Å². The summed E-state index contributed by atoms with van der Waals surface area (Å²) in [6, 6.07) is 3.95. The number of hydrogen-bond donors (Lipinski definition) is 0. The van der Waals surface area contributed by atoms with Crippen LogP contribution in [0, 0.1) is 11.3 Å². The predicted molar refractivity (Wildman–Crippen MR) is 65.0 cm³/mol. The summed E-state index contributed by atoms with van der Waals surface area (Å²) in [7, 11) is 0. The lowest BCUT2D eigenvalue weighted by molar-refractivity contribution is -0.161. The molecule has 0 radical (unpaired) electrons. The molecular weight excluding hydrogens is 230 g/mol. The van der Waals surface area contributed by atoms with Gasteiger partial charge in [0, 0.05) is 19.2 Å². The third-order valence-electron chi connectivity index (χ3n) is 3.49. The average molecular weight is 245 g/mol. The summed E-state index contributed by atoms with van der Waals surface area (Å²) in [5, 5.41) is 9.14. The molecule has 0 unspecified atom stereocenters. The second kappa shape index (κ2) is 4.56. The molecule has 2 aliphatic rings. The number of rotatable bonds is 1. The van der Waals surface area contributed by atoms with Crippen molar-refractivity contribution in [2.75, 3.05) is 31.2 Å². The highest BCUT2D eigenvalue weighted by atomic mass is 16.7. The Bertz CT molecular complexity index is 477. The summed E-state index contributed by atoms with van der Waals surface area (Å²) in [4.78, 5) is 6.25. The van der Waals surface area contributed by atoms with Crippen molar-refractivity contribution in [1.82, 2.24) is 4.98 Å². The van der Waals surface area contributed by atoms with Gasteiger partial charge in [-0.1, -0.05) is 0 Å². The maximum Gasteiger partial charge on any atom is 0.186 e. The molecule has 0 amide bonds. The maximum absolute atomic E-state index is 9.14. The van der Waals surface area contributed by atoms with Crippen LogP contribution in [-0.2, 0) is 9.47 Å². The van der Waals surface area contributed by atoms with Crippen molar-refractivity contribution in [2.45, 2.75) is 18.6 Å². The summed E-state index contributed by atoms with van der Waals surface area (Å²) < 4.78 is 11.5. The van der Waals surface area contributed by atoms with Crippen LogP contribution in [0.25, 0.3) is 0 Å². The molecule has 94 valence electrons. The molecule has 2 fully saturated rings. The van der Waals surface area contributed by atoms with Gasteiger partial charge in [-0.25, -0.2) is 0 Å². The molecule has 0 N–H and O–H groups in total. The van der Waals surface area contributed by atoms with E-state index in [-0.39, 0.29) is 0 Å². The monoisotopic (exact) mass is 245 g/mol. The molecule has 0 aromatic carbocycles. The zero-order valence-electron chi connectivity index (χ0n) is 10.1. The SMILES string of the molecule is N#Cc1ccncc1N1CCCC2(C1)OCCO2. The van der Waals surface area contributed by atoms with Gasteiger partial charge in [0.25, 0.3) is 0 Å². The molecule has 1 aromatic heterocycles. The third-order valence-corrected chi connectivity index (χ3v) is 3.49. The smallest absolute Gasteiger partial charge is 0.186 e. The molecule has 5 nitrogen and oxygen atoms in total. The molecule has 3 rings (SSSR count). The molecule has 3 heterocycles. The first-order valence-corrected chi connectivity index (χ1v) is 6.20. The fourth-order valence-electron chi connectivity index (χ4n) is 2.66. The summed E-state index contributed by atoms with van der Waals surface area (Å²) in [5.74, 6) is -0.471. The van der Waals surface area contributed by atoms with Crippen LogP contribution < -0.4 is 4.90 Å². The Morgan fingerprint density at radius 3 is 3.00 bits per heavy atom. The molecule has 2 aliphatic heterocycles. The van der Waals surface area contributed by atoms with Crippen LogP contribution >= 0.6 is 0 Å². The highest BCUT2D eigenvalue weighted by molar-refractivity contribution is 5.58. The Morgan fingerprint density at radius 2 is 2.22 bits per heavy atom. The van der Waals surface area contributed by atoms with Crippen molar-refractivity contribution in [1.29, 1.82) is 5.26 Å². The van der Waals surface area contributed by atoms with Gasteiger partial charge in [0.1, 0.15) is 6.07 Å². The number of anilines is 1. The minimum Gasteiger partial charge on any atom is -0.364 e. The van der Waals surface area contributed by atoms with Crippen molar-refractivity contribution in [2.24, 2.45) is 0 Å². The van der Waals surface area contributed by atoms with E-state index in [4.69, 9.17) is 14.7 Å². The quantitative estimate of drug-likeness (QED) is 0.746. The van der Waals surface area contributed by atoms with Crippen molar-refractivity contribution in [3.05, 3.63) is 24.0 Å². The normalized spacial score (nSPS) is 22.1.